The summed E-state index contributed by atoms with van der Waals surface area (Å²) in [6.45, 7) is 0.333. The van der Waals surface area contributed by atoms with Crippen LogP contribution in [0.15, 0.2) is 18.2 Å². The molecule has 1 aromatic carbocycles. The van der Waals surface area contributed by atoms with Crippen LogP contribution in [0, 0.1) is 0 Å². The minimum absolute atomic E-state index is 0.333. The van der Waals surface area contributed by atoms with Gasteiger partial charge in [-0.05, 0) is 30.5 Å². The lowest BCUT2D eigenvalue weighted by molar-refractivity contribution is -0.129. The molecule has 1 heterocycles. The minimum atomic E-state index is -2.97. The molecule has 0 aliphatic carbocycles. The zero-order chi connectivity index (χ0) is 11.7. The molecule has 0 saturated carbocycles. The van der Waals surface area contributed by atoms with Crippen molar-refractivity contribution in [1.29, 1.82) is 0 Å². The number of benzene rings is 1. The van der Waals surface area contributed by atoms with Crippen molar-refractivity contribution in [2.45, 2.75) is 19.3 Å². The summed E-state index contributed by atoms with van der Waals surface area (Å²) < 4.78 is 24.8. The van der Waals surface area contributed by atoms with Crippen molar-refractivity contribution in [3.63, 3.8) is 0 Å². The molecule has 0 fully saturated rings. The third kappa shape index (κ3) is 1.73. The normalized spacial score (nSPS) is 15.1. The molecule has 2 rings (SSSR count). The van der Waals surface area contributed by atoms with E-state index in [0.29, 0.717) is 24.3 Å². The van der Waals surface area contributed by atoms with Crippen LogP contribution in [-0.4, -0.2) is 18.9 Å². The molecule has 0 aromatic heterocycles. The van der Waals surface area contributed by atoms with Gasteiger partial charge in [0.1, 0.15) is 0 Å². The molecule has 0 atom stereocenters. The summed E-state index contributed by atoms with van der Waals surface area (Å²) in [5.74, 6) is -1.15. The summed E-state index contributed by atoms with van der Waals surface area (Å²) in [5, 5.41) is 0. The van der Waals surface area contributed by atoms with Crippen molar-refractivity contribution < 1.29 is 13.6 Å². The number of rotatable bonds is 1. The summed E-state index contributed by atoms with van der Waals surface area (Å²) in [6.07, 6.45) is -1.57. The van der Waals surface area contributed by atoms with Crippen LogP contribution in [-0.2, 0) is 11.2 Å². The number of hydrogen-bond acceptors (Lipinski definition) is 2. The van der Waals surface area contributed by atoms with E-state index < -0.39 is 12.3 Å². The molecule has 0 bridgehead atoms. The molecule has 0 spiro atoms. The Hall–Kier alpha value is -1.65. The quantitative estimate of drug-likeness (QED) is 0.742. The van der Waals surface area contributed by atoms with Gasteiger partial charge in [0.2, 0.25) is 0 Å². The van der Waals surface area contributed by atoms with E-state index in [1.165, 1.54) is 0 Å². The highest BCUT2D eigenvalue weighted by molar-refractivity contribution is 5.97. The number of carbonyl (C=O) groups excluding carboxylic acids is 1. The van der Waals surface area contributed by atoms with E-state index in [0.717, 1.165) is 16.9 Å². The van der Waals surface area contributed by atoms with Crippen molar-refractivity contribution in [2.75, 3.05) is 17.2 Å². The Morgan fingerprint density at radius 1 is 1.44 bits per heavy atom. The smallest absolute Gasteiger partial charge is 0.316 e. The number of hydrogen-bond donors (Lipinski definition) is 1. The number of halogens is 2. The molecule has 1 aromatic rings. The first kappa shape index (κ1) is 10.9. The predicted molar refractivity (Wildman–Crippen MR) is 57.5 cm³/mol. The Labute approximate surface area is 91.8 Å². The van der Waals surface area contributed by atoms with Gasteiger partial charge in [-0.25, -0.2) is 0 Å². The van der Waals surface area contributed by atoms with Crippen LogP contribution < -0.4 is 10.6 Å². The number of fused-ring (bicyclic) bond motifs is 1. The Bertz CT molecular complexity index is 420. The van der Waals surface area contributed by atoms with Gasteiger partial charge in [-0.1, -0.05) is 6.07 Å². The average molecular weight is 226 g/mol. The van der Waals surface area contributed by atoms with Gasteiger partial charge in [0.05, 0.1) is 0 Å². The molecule has 1 amide bonds. The molecule has 2 N–H and O–H groups in total. The zero-order valence-corrected chi connectivity index (χ0v) is 8.62. The van der Waals surface area contributed by atoms with E-state index in [2.05, 4.69) is 0 Å². The monoisotopic (exact) mass is 226 g/mol. The Balaban J connectivity index is 2.41. The van der Waals surface area contributed by atoms with Crippen LogP contribution >= 0.6 is 0 Å². The van der Waals surface area contributed by atoms with Gasteiger partial charge >= 0.3 is 6.43 Å². The highest BCUT2D eigenvalue weighted by atomic mass is 19.3. The van der Waals surface area contributed by atoms with Crippen molar-refractivity contribution in [3.8, 4) is 0 Å². The first-order valence-corrected chi connectivity index (χ1v) is 5.08. The molecule has 1 aliphatic rings. The summed E-state index contributed by atoms with van der Waals surface area (Å²) in [5.41, 5.74) is 7.63. The van der Waals surface area contributed by atoms with Crippen molar-refractivity contribution in [3.05, 3.63) is 23.8 Å². The topological polar surface area (TPSA) is 46.3 Å². The number of amides is 1. The second-order valence-corrected chi connectivity index (χ2v) is 3.74. The lowest BCUT2D eigenvalue weighted by Gasteiger charge is -2.29. The number of alkyl halides is 2. The lowest BCUT2D eigenvalue weighted by Crippen LogP contribution is -2.39. The second kappa shape index (κ2) is 4.08. The number of nitrogens with zero attached hydrogens (tertiary/aromatic N) is 1. The number of nitrogens with two attached hydrogens (primary N) is 1. The summed E-state index contributed by atoms with van der Waals surface area (Å²) in [6, 6.07) is 5.05. The maximum atomic E-state index is 12.4. The minimum Gasteiger partial charge on any atom is -0.398 e. The molecule has 86 valence electrons. The van der Waals surface area contributed by atoms with E-state index in [4.69, 9.17) is 5.73 Å². The van der Waals surface area contributed by atoms with Gasteiger partial charge in [0, 0.05) is 17.9 Å². The van der Waals surface area contributed by atoms with Crippen LogP contribution in [0.4, 0.5) is 20.2 Å². The van der Waals surface area contributed by atoms with Crippen molar-refractivity contribution in [1.82, 2.24) is 0 Å². The first-order chi connectivity index (χ1) is 7.61. The average Bonchev–Trinajstić information content (AvgIpc) is 2.28. The van der Waals surface area contributed by atoms with Gasteiger partial charge in [0.25, 0.3) is 5.91 Å². The third-order valence-corrected chi connectivity index (χ3v) is 2.74. The van der Waals surface area contributed by atoms with Crippen LogP contribution in [0.3, 0.4) is 0 Å². The van der Waals surface area contributed by atoms with Crippen molar-refractivity contribution in [2.24, 2.45) is 0 Å². The lowest BCUT2D eigenvalue weighted by atomic mass is 10.00. The molecule has 0 unspecified atom stereocenters. The van der Waals surface area contributed by atoms with E-state index in [1.807, 2.05) is 0 Å². The van der Waals surface area contributed by atoms with Gasteiger partial charge in [0.15, 0.2) is 0 Å². The summed E-state index contributed by atoms with van der Waals surface area (Å²) in [4.78, 5) is 12.4. The molecule has 0 saturated heterocycles. The Morgan fingerprint density at radius 2 is 2.19 bits per heavy atom. The van der Waals surface area contributed by atoms with E-state index in [-0.39, 0.29) is 0 Å². The summed E-state index contributed by atoms with van der Waals surface area (Å²) in [7, 11) is 0. The van der Waals surface area contributed by atoms with Gasteiger partial charge in [-0.3, -0.25) is 4.79 Å². The molecule has 3 nitrogen and oxygen atoms in total. The van der Waals surface area contributed by atoms with Gasteiger partial charge in [-0.2, -0.15) is 8.78 Å². The number of nitrogen functional groups attached to an aromatic ring is 1. The molecular formula is C11H12F2N2O. The SMILES string of the molecule is Nc1cccc2c1CCCN2C(=O)C(F)F. The molecule has 16 heavy (non-hydrogen) atoms. The standard InChI is InChI=1S/C11H12F2N2O/c12-10(13)11(16)15-6-2-3-7-8(14)4-1-5-9(7)15/h1,4-5,10H,2-3,6,14H2. The van der Waals surface area contributed by atoms with Crippen LogP contribution in [0.5, 0.6) is 0 Å². The third-order valence-electron chi connectivity index (χ3n) is 2.74. The summed E-state index contributed by atoms with van der Waals surface area (Å²) >= 11 is 0. The fourth-order valence-electron chi connectivity index (χ4n) is 2.00. The largest absolute Gasteiger partial charge is 0.398 e. The highest BCUT2D eigenvalue weighted by Crippen LogP contribution is 2.31. The van der Waals surface area contributed by atoms with Crippen LogP contribution in [0.2, 0.25) is 0 Å². The van der Waals surface area contributed by atoms with E-state index >= 15 is 0 Å². The number of carbonyl (C=O) groups is 1. The molecule has 5 heteroatoms. The van der Waals surface area contributed by atoms with Crippen molar-refractivity contribution >= 4 is 17.3 Å². The molecule has 0 radical (unpaired) electrons. The fraction of sp³-hybridized carbons (Fsp3) is 0.364. The van der Waals surface area contributed by atoms with Gasteiger partial charge < -0.3 is 10.6 Å². The van der Waals surface area contributed by atoms with Crippen LogP contribution in [0.25, 0.3) is 0 Å². The van der Waals surface area contributed by atoms with Gasteiger partial charge in [-0.15, -0.1) is 0 Å². The fourth-order valence-corrected chi connectivity index (χ4v) is 2.00. The molecular weight excluding hydrogens is 214 g/mol. The van der Waals surface area contributed by atoms with E-state index in [9.17, 15) is 13.6 Å². The van der Waals surface area contributed by atoms with E-state index in [1.54, 1.807) is 18.2 Å². The maximum Gasteiger partial charge on any atom is 0.316 e. The first-order valence-electron chi connectivity index (χ1n) is 5.08. The molecule has 1 aliphatic heterocycles. The predicted octanol–water partition coefficient (Wildman–Crippen LogP) is 1.81. The number of anilines is 2. The zero-order valence-electron chi connectivity index (χ0n) is 8.62. The maximum absolute atomic E-state index is 12.4. The Morgan fingerprint density at radius 3 is 2.88 bits per heavy atom. The Kier molecular flexibility index (Phi) is 2.77. The second-order valence-electron chi connectivity index (χ2n) is 3.74. The highest BCUT2D eigenvalue weighted by Gasteiger charge is 2.28. The van der Waals surface area contributed by atoms with Crippen LogP contribution in [0.1, 0.15) is 12.0 Å².